The monoisotopic (exact) mass is 361 g/mol. The maximum Gasteiger partial charge on any atom is 0.252 e. The number of halogens is 1. The maximum absolute atomic E-state index is 13.0. The number of rotatable bonds is 5. The topological polar surface area (TPSA) is 52.7 Å². The van der Waals surface area contributed by atoms with Gasteiger partial charge in [0, 0.05) is 55.8 Å². The molecule has 1 N–H and O–H groups in total. The van der Waals surface area contributed by atoms with E-state index in [0.29, 0.717) is 31.6 Å². The van der Waals surface area contributed by atoms with Gasteiger partial charge in [0.05, 0.1) is 0 Å². The van der Waals surface area contributed by atoms with Gasteiger partial charge in [0.15, 0.2) is 0 Å². The van der Waals surface area contributed by atoms with Gasteiger partial charge in [0.25, 0.3) is 5.91 Å². The molecule has 5 nitrogen and oxygen atoms in total. The lowest BCUT2D eigenvalue weighted by Gasteiger charge is -2.36. The molecule has 2 amide bonds. The summed E-state index contributed by atoms with van der Waals surface area (Å²) in [5, 5.41) is 6.40. The quantitative estimate of drug-likeness (QED) is 0.890. The predicted octanol–water partition coefficient (Wildman–Crippen LogP) is 2.36. The lowest BCUT2D eigenvalue weighted by atomic mass is 10.2. The second-order valence-corrected chi connectivity index (χ2v) is 6.64. The van der Waals surface area contributed by atoms with E-state index in [4.69, 9.17) is 0 Å². The SMILES string of the molecule is O=C(NCCC(=O)N1CCN(c2ccc(F)cc2)CC1)c1ccsc1. The summed E-state index contributed by atoms with van der Waals surface area (Å²) < 4.78 is 13.0. The molecule has 2 heterocycles. The zero-order valence-electron chi connectivity index (χ0n) is 13.8. The molecule has 0 saturated carbocycles. The number of amides is 2. The summed E-state index contributed by atoms with van der Waals surface area (Å²) >= 11 is 1.47. The van der Waals surface area contributed by atoms with Crippen molar-refractivity contribution in [1.82, 2.24) is 10.2 Å². The molecule has 25 heavy (non-hydrogen) atoms. The number of carbonyl (C=O) groups excluding carboxylic acids is 2. The van der Waals surface area contributed by atoms with E-state index in [2.05, 4.69) is 10.2 Å². The van der Waals surface area contributed by atoms with Crippen molar-refractivity contribution in [2.45, 2.75) is 6.42 Å². The Morgan fingerprint density at radius 2 is 1.80 bits per heavy atom. The standard InChI is InChI=1S/C18H20FN3O2S/c19-15-1-3-16(4-2-15)21-8-10-22(11-9-21)17(23)5-7-20-18(24)14-6-12-25-13-14/h1-4,6,12-13H,5,7-11H2,(H,20,24). The highest BCUT2D eigenvalue weighted by Crippen LogP contribution is 2.17. The van der Waals surface area contributed by atoms with E-state index in [1.54, 1.807) is 23.6 Å². The second kappa shape index (κ2) is 8.11. The first-order valence-corrected chi connectivity index (χ1v) is 9.16. The molecule has 7 heteroatoms. The molecule has 0 bridgehead atoms. The van der Waals surface area contributed by atoms with Crippen molar-refractivity contribution in [1.29, 1.82) is 0 Å². The Kier molecular flexibility index (Phi) is 5.65. The van der Waals surface area contributed by atoms with Crippen LogP contribution in [0, 0.1) is 5.82 Å². The molecule has 0 radical (unpaired) electrons. The average molecular weight is 361 g/mol. The molecule has 132 valence electrons. The molecule has 1 fully saturated rings. The van der Waals surface area contributed by atoms with Gasteiger partial charge < -0.3 is 15.1 Å². The summed E-state index contributed by atoms with van der Waals surface area (Å²) in [5.74, 6) is -0.346. The van der Waals surface area contributed by atoms with E-state index in [-0.39, 0.29) is 17.6 Å². The minimum Gasteiger partial charge on any atom is -0.368 e. The van der Waals surface area contributed by atoms with Crippen LogP contribution in [0.2, 0.25) is 0 Å². The molecule has 1 aliphatic heterocycles. The second-order valence-electron chi connectivity index (χ2n) is 5.86. The van der Waals surface area contributed by atoms with Crippen LogP contribution in [0.3, 0.4) is 0 Å². The van der Waals surface area contributed by atoms with Gasteiger partial charge >= 0.3 is 0 Å². The highest BCUT2D eigenvalue weighted by atomic mass is 32.1. The molecular weight excluding hydrogens is 341 g/mol. The van der Waals surface area contributed by atoms with Gasteiger partial charge in [-0.2, -0.15) is 11.3 Å². The van der Waals surface area contributed by atoms with E-state index >= 15 is 0 Å². The normalized spacial score (nSPS) is 14.4. The minimum absolute atomic E-state index is 0.0457. The van der Waals surface area contributed by atoms with E-state index in [1.807, 2.05) is 10.3 Å². The first-order valence-electron chi connectivity index (χ1n) is 8.22. The zero-order valence-corrected chi connectivity index (χ0v) is 14.6. The highest BCUT2D eigenvalue weighted by molar-refractivity contribution is 7.08. The first-order chi connectivity index (χ1) is 12.1. The number of nitrogens with one attached hydrogen (secondary N) is 1. The Morgan fingerprint density at radius 3 is 2.44 bits per heavy atom. The van der Waals surface area contributed by atoms with Crippen LogP contribution >= 0.6 is 11.3 Å². The van der Waals surface area contributed by atoms with Crippen molar-refractivity contribution in [2.75, 3.05) is 37.6 Å². The van der Waals surface area contributed by atoms with Crippen molar-refractivity contribution >= 4 is 28.8 Å². The lowest BCUT2D eigenvalue weighted by Crippen LogP contribution is -2.49. The molecule has 2 aromatic rings. The van der Waals surface area contributed by atoms with Gasteiger partial charge in [-0.1, -0.05) is 0 Å². The fourth-order valence-electron chi connectivity index (χ4n) is 2.80. The molecule has 3 rings (SSSR count). The fraction of sp³-hybridized carbons (Fsp3) is 0.333. The molecule has 0 unspecified atom stereocenters. The molecule has 0 aliphatic carbocycles. The van der Waals surface area contributed by atoms with E-state index in [9.17, 15) is 14.0 Å². The molecule has 0 atom stereocenters. The van der Waals surface area contributed by atoms with Crippen LogP contribution in [0.25, 0.3) is 0 Å². The molecule has 1 aromatic heterocycles. The van der Waals surface area contributed by atoms with Crippen LogP contribution in [-0.2, 0) is 4.79 Å². The van der Waals surface area contributed by atoms with Gasteiger partial charge in [0.2, 0.25) is 5.91 Å². The minimum atomic E-state index is -0.248. The molecular formula is C18H20FN3O2S. The van der Waals surface area contributed by atoms with Gasteiger partial charge in [-0.15, -0.1) is 0 Å². The zero-order chi connectivity index (χ0) is 17.6. The lowest BCUT2D eigenvalue weighted by molar-refractivity contribution is -0.131. The number of benzene rings is 1. The van der Waals surface area contributed by atoms with Gasteiger partial charge in [-0.3, -0.25) is 9.59 Å². The van der Waals surface area contributed by atoms with Gasteiger partial charge in [-0.25, -0.2) is 4.39 Å². The summed E-state index contributed by atoms with van der Waals surface area (Å²) in [6, 6.07) is 8.17. The fourth-order valence-corrected chi connectivity index (χ4v) is 3.44. The summed E-state index contributed by atoms with van der Waals surface area (Å²) in [7, 11) is 0. The number of hydrogen-bond donors (Lipinski definition) is 1. The summed E-state index contributed by atoms with van der Waals surface area (Å²) in [6.45, 7) is 3.05. The maximum atomic E-state index is 13.0. The van der Waals surface area contributed by atoms with Crippen LogP contribution in [0.4, 0.5) is 10.1 Å². The molecule has 0 spiro atoms. The van der Waals surface area contributed by atoms with E-state index in [1.165, 1.54) is 23.5 Å². The third kappa shape index (κ3) is 4.57. The van der Waals surface area contributed by atoms with E-state index in [0.717, 1.165) is 18.8 Å². The number of nitrogens with zero attached hydrogens (tertiary/aromatic N) is 2. The van der Waals surface area contributed by atoms with Crippen LogP contribution in [0.5, 0.6) is 0 Å². The van der Waals surface area contributed by atoms with Gasteiger partial charge in [-0.05, 0) is 35.7 Å². The Hall–Kier alpha value is -2.41. The van der Waals surface area contributed by atoms with Crippen molar-refractivity contribution in [2.24, 2.45) is 0 Å². The summed E-state index contributed by atoms with van der Waals surface area (Å²) in [4.78, 5) is 28.0. The predicted molar refractivity (Wildman–Crippen MR) is 96.5 cm³/mol. The summed E-state index contributed by atoms with van der Waals surface area (Å²) in [5.41, 5.74) is 1.60. The van der Waals surface area contributed by atoms with Crippen molar-refractivity contribution in [3.8, 4) is 0 Å². The van der Waals surface area contributed by atoms with Crippen LogP contribution in [0.15, 0.2) is 41.1 Å². The smallest absolute Gasteiger partial charge is 0.252 e. The Morgan fingerprint density at radius 1 is 1.08 bits per heavy atom. The van der Waals surface area contributed by atoms with Crippen molar-refractivity contribution in [3.05, 3.63) is 52.5 Å². The van der Waals surface area contributed by atoms with Crippen molar-refractivity contribution in [3.63, 3.8) is 0 Å². The highest BCUT2D eigenvalue weighted by Gasteiger charge is 2.21. The van der Waals surface area contributed by atoms with E-state index < -0.39 is 0 Å². The largest absolute Gasteiger partial charge is 0.368 e. The Labute approximate surface area is 150 Å². The van der Waals surface area contributed by atoms with Crippen molar-refractivity contribution < 1.29 is 14.0 Å². The number of anilines is 1. The molecule has 1 saturated heterocycles. The third-order valence-corrected chi connectivity index (χ3v) is 4.92. The van der Waals surface area contributed by atoms with Crippen LogP contribution < -0.4 is 10.2 Å². The van der Waals surface area contributed by atoms with Crippen LogP contribution in [-0.4, -0.2) is 49.4 Å². The summed E-state index contributed by atoms with van der Waals surface area (Å²) in [6.07, 6.45) is 0.298. The average Bonchev–Trinajstić information content (AvgIpc) is 3.17. The molecule has 1 aromatic carbocycles. The number of carbonyl (C=O) groups is 2. The van der Waals surface area contributed by atoms with Gasteiger partial charge in [0.1, 0.15) is 5.82 Å². The first kappa shape index (κ1) is 17.4. The Balaban J connectivity index is 1.41. The number of thiophene rings is 1. The molecule has 1 aliphatic rings. The van der Waals surface area contributed by atoms with Crippen LogP contribution in [0.1, 0.15) is 16.8 Å². The number of piperazine rings is 1. The Bertz CT molecular complexity index is 710. The number of hydrogen-bond acceptors (Lipinski definition) is 4. The third-order valence-electron chi connectivity index (χ3n) is 4.23.